The molecular weight excluding hydrogens is 246 g/mol. The summed E-state index contributed by atoms with van der Waals surface area (Å²) in [5, 5.41) is 8.79. The molecule has 0 aromatic heterocycles. The Hall–Kier alpha value is -1.75. The maximum atomic E-state index is 10.7. The number of aliphatic carboxylic acids is 1. The van der Waals surface area contributed by atoms with Crippen molar-refractivity contribution < 1.29 is 19.4 Å². The van der Waals surface area contributed by atoms with Crippen LogP contribution in [0.25, 0.3) is 0 Å². The minimum absolute atomic E-state index is 0.195. The highest BCUT2D eigenvalue weighted by Gasteiger charge is 2.29. The molecule has 0 atom stereocenters. The molecule has 1 aliphatic carbocycles. The summed E-state index contributed by atoms with van der Waals surface area (Å²) < 4.78 is 10.6. The third kappa shape index (κ3) is 2.98. The Balaban J connectivity index is 1.66. The lowest BCUT2D eigenvalue weighted by Gasteiger charge is -2.21. The molecule has 102 valence electrons. The van der Waals surface area contributed by atoms with Gasteiger partial charge in [0.2, 0.25) is 6.79 Å². The van der Waals surface area contributed by atoms with Gasteiger partial charge in [-0.3, -0.25) is 9.69 Å². The number of hydrogen-bond acceptors (Lipinski definition) is 4. The summed E-state index contributed by atoms with van der Waals surface area (Å²) in [7, 11) is 0. The fourth-order valence-corrected chi connectivity index (χ4v) is 2.34. The van der Waals surface area contributed by atoms with Crippen LogP contribution in [0.1, 0.15) is 24.8 Å². The van der Waals surface area contributed by atoms with Gasteiger partial charge < -0.3 is 14.6 Å². The number of carbonyl (C=O) groups is 1. The van der Waals surface area contributed by atoms with E-state index in [1.165, 1.54) is 12.8 Å². The molecule has 1 heterocycles. The molecule has 5 nitrogen and oxygen atoms in total. The van der Waals surface area contributed by atoms with E-state index in [1.807, 2.05) is 18.2 Å². The monoisotopic (exact) mass is 263 g/mol. The summed E-state index contributed by atoms with van der Waals surface area (Å²) >= 11 is 0. The Morgan fingerprint density at radius 2 is 2.11 bits per heavy atom. The topological polar surface area (TPSA) is 59.0 Å². The first-order valence-corrected chi connectivity index (χ1v) is 6.57. The van der Waals surface area contributed by atoms with Crippen molar-refractivity contribution >= 4 is 5.97 Å². The molecule has 3 rings (SSSR count). The molecule has 0 radical (unpaired) electrons. The molecule has 5 heteroatoms. The van der Waals surface area contributed by atoms with Gasteiger partial charge in [-0.05, 0) is 30.5 Å². The van der Waals surface area contributed by atoms with Gasteiger partial charge in [0.05, 0.1) is 6.42 Å². The smallest absolute Gasteiger partial charge is 0.304 e. The summed E-state index contributed by atoms with van der Waals surface area (Å²) in [6.07, 6.45) is 2.54. The molecule has 1 aromatic carbocycles. The molecule has 1 aliphatic heterocycles. The van der Waals surface area contributed by atoms with Crippen molar-refractivity contribution in [2.24, 2.45) is 0 Å². The first-order valence-electron chi connectivity index (χ1n) is 6.57. The van der Waals surface area contributed by atoms with Crippen LogP contribution in [0.3, 0.4) is 0 Å². The molecule has 0 amide bonds. The van der Waals surface area contributed by atoms with E-state index >= 15 is 0 Å². The molecule has 1 fully saturated rings. The number of ether oxygens (including phenoxy) is 2. The average molecular weight is 263 g/mol. The zero-order valence-corrected chi connectivity index (χ0v) is 10.7. The quantitative estimate of drug-likeness (QED) is 0.848. The van der Waals surface area contributed by atoms with Gasteiger partial charge in [-0.1, -0.05) is 6.07 Å². The lowest BCUT2D eigenvalue weighted by atomic mass is 10.2. The molecule has 0 saturated heterocycles. The number of nitrogens with zero attached hydrogens (tertiary/aromatic N) is 1. The van der Waals surface area contributed by atoms with Crippen molar-refractivity contribution in [2.45, 2.75) is 31.8 Å². The van der Waals surface area contributed by atoms with Gasteiger partial charge in [0, 0.05) is 19.1 Å². The zero-order chi connectivity index (χ0) is 13.2. The Labute approximate surface area is 111 Å². The van der Waals surface area contributed by atoms with Crippen molar-refractivity contribution in [1.29, 1.82) is 0 Å². The predicted molar refractivity (Wildman–Crippen MR) is 68.2 cm³/mol. The number of carboxylic acids is 1. The Kier molecular flexibility index (Phi) is 3.29. The first kappa shape index (κ1) is 12.3. The van der Waals surface area contributed by atoms with Crippen LogP contribution in [-0.4, -0.2) is 35.4 Å². The summed E-state index contributed by atoms with van der Waals surface area (Å²) in [5.74, 6) is 0.829. The van der Waals surface area contributed by atoms with Crippen molar-refractivity contribution in [1.82, 2.24) is 4.90 Å². The van der Waals surface area contributed by atoms with Crippen molar-refractivity contribution in [2.75, 3.05) is 13.3 Å². The van der Waals surface area contributed by atoms with Crippen molar-refractivity contribution in [3.05, 3.63) is 23.8 Å². The minimum Gasteiger partial charge on any atom is -0.481 e. The molecule has 19 heavy (non-hydrogen) atoms. The molecule has 0 bridgehead atoms. The van der Waals surface area contributed by atoms with Gasteiger partial charge in [0.25, 0.3) is 0 Å². The van der Waals surface area contributed by atoms with Crippen molar-refractivity contribution in [3.63, 3.8) is 0 Å². The molecule has 2 aliphatic rings. The Bertz CT molecular complexity index is 484. The van der Waals surface area contributed by atoms with Crippen LogP contribution in [0, 0.1) is 0 Å². The molecule has 1 N–H and O–H groups in total. The van der Waals surface area contributed by atoms with Gasteiger partial charge in [0.15, 0.2) is 11.5 Å². The van der Waals surface area contributed by atoms with Crippen LogP contribution in [0.15, 0.2) is 18.2 Å². The molecule has 1 saturated carbocycles. The second kappa shape index (κ2) is 5.09. The van der Waals surface area contributed by atoms with Gasteiger partial charge >= 0.3 is 5.97 Å². The van der Waals surface area contributed by atoms with Crippen LogP contribution in [-0.2, 0) is 11.3 Å². The number of benzene rings is 1. The maximum Gasteiger partial charge on any atom is 0.304 e. The summed E-state index contributed by atoms with van der Waals surface area (Å²) in [6, 6.07) is 6.46. The van der Waals surface area contributed by atoms with Gasteiger partial charge in [0.1, 0.15) is 0 Å². The van der Waals surface area contributed by atoms with Crippen LogP contribution in [0.2, 0.25) is 0 Å². The van der Waals surface area contributed by atoms with Crippen molar-refractivity contribution in [3.8, 4) is 11.5 Å². The molecule has 1 aromatic rings. The number of hydrogen-bond donors (Lipinski definition) is 1. The maximum absolute atomic E-state index is 10.7. The number of fused-ring (bicyclic) bond motifs is 1. The van der Waals surface area contributed by atoms with Crippen LogP contribution in [0.5, 0.6) is 11.5 Å². The largest absolute Gasteiger partial charge is 0.481 e. The molecule has 0 spiro atoms. The average Bonchev–Trinajstić information content (AvgIpc) is 3.12. The van der Waals surface area contributed by atoms with E-state index in [9.17, 15) is 4.79 Å². The van der Waals surface area contributed by atoms with E-state index in [1.54, 1.807) is 0 Å². The zero-order valence-electron chi connectivity index (χ0n) is 10.7. The third-order valence-corrected chi connectivity index (χ3v) is 3.50. The highest BCUT2D eigenvalue weighted by Crippen LogP contribution is 2.34. The second-order valence-electron chi connectivity index (χ2n) is 5.03. The highest BCUT2D eigenvalue weighted by atomic mass is 16.7. The summed E-state index contributed by atoms with van der Waals surface area (Å²) in [4.78, 5) is 12.9. The third-order valence-electron chi connectivity index (χ3n) is 3.50. The van der Waals surface area contributed by atoms with Crippen LogP contribution >= 0.6 is 0 Å². The normalized spacial score (nSPS) is 16.9. The van der Waals surface area contributed by atoms with Gasteiger partial charge in [-0.2, -0.15) is 0 Å². The van der Waals surface area contributed by atoms with E-state index in [4.69, 9.17) is 14.6 Å². The molecule has 0 unspecified atom stereocenters. The fraction of sp³-hybridized carbons (Fsp3) is 0.500. The lowest BCUT2D eigenvalue weighted by molar-refractivity contribution is -0.137. The fourth-order valence-electron chi connectivity index (χ4n) is 2.34. The number of rotatable bonds is 6. The van der Waals surface area contributed by atoms with Crippen LogP contribution < -0.4 is 9.47 Å². The van der Waals surface area contributed by atoms with E-state index in [2.05, 4.69) is 4.90 Å². The van der Waals surface area contributed by atoms with E-state index < -0.39 is 5.97 Å². The van der Waals surface area contributed by atoms with E-state index in [0.717, 1.165) is 23.6 Å². The Morgan fingerprint density at radius 1 is 1.32 bits per heavy atom. The summed E-state index contributed by atoms with van der Waals surface area (Å²) in [5.41, 5.74) is 1.14. The van der Waals surface area contributed by atoms with Gasteiger partial charge in [-0.25, -0.2) is 0 Å². The molecular formula is C14H17NO4. The standard InChI is InChI=1S/C14H17NO4/c16-14(17)5-6-15(11-2-3-11)8-10-1-4-12-13(7-10)19-9-18-12/h1,4,7,11H,2-3,5-6,8-9H2,(H,16,17). The minimum atomic E-state index is -0.740. The first-order chi connectivity index (χ1) is 9.22. The highest BCUT2D eigenvalue weighted by molar-refractivity contribution is 5.66. The van der Waals surface area contributed by atoms with E-state index in [0.29, 0.717) is 12.6 Å². The Morgan fingerprint density at radius 3 is 2.84 bits per heavy atom. The van der Waals surface area contributed by atoms with Crippen LogP contribution in [0.4, 0.5) is 0 Å². The van der Waals surface area contributed by atoms with E-state index in [-0.39, 0.29) is 13.2 Å². The second-order valence-corrected chi connectivity index (χ2v) is 5.03. The van der Waals surface area contributed by atoms with Gasteiger partial charge in [-0.15, -0.1) is 0 Å². The summed E-state index contributed by atoms with van der Waals surface area (Å²) in [6.45, 7) is 1.66. The predicted octanol–water partition coefficient (Wildman–Crippen LogP) is 1.85. The lowest BCUT2D eigenvalue weighted by Crippen LogP contribution is -2.28. The number of carboxylic acid groups (broad SMARTS) is 1. The SMILES string of the molecule is O=C(O)CCN(Cc1ccc2c(c1)OCO2)C1CC1.